The van der Waals surface area contributed by atoms with Crippen molar-refractivity contribution in [3.8, 4) is 0 Å². The maximum Gasteiger partial charge on any atom is 0.169 e. The van der Waals surface area contributed by atoms with Gasteiger partial charge in [0.05, 0.1) is 15.9 Å². The molecule has 1 aromatic heterocycles. The van der Waals surface area contributed by atoms with Crippen LogP contribution < -0.4 is 4.72 Å². The zero-order valence-electron chi connectivity index (χ0n) is 8.62. The number of anilines is 1. The fraction of sp³-hybridized carbons (Fsp3) is 0.222. The molecule has 2 rings (SSSR count). The number of fused-ring (bicyclic) bond motifs is 1. The summed E-state index contributed by atoms with van der Waals surface area (Å²) in [4.78, 5) is 0. The molecule has 2 aromatic rings. The van der Waals surface area contributed by atoms with E-state index in [0.29, 0.717) is 10.8 Å². The molecular formula is C9H9BrClN3OS. The van der Waals surface area contributed by atoms with Gasteiger partial charge in [-0.2, -0.15) is 5.10 Å². The van der Waals surface area contributed by atoms with E-state index in [2.05, 4.69) is 25.8 Å². The summed E-state index contributed by atoms with van der Waals surface area (Å²) in [5, 5.41) is 5.60. The van der Waals surface area contributed by atoms with Gasteiger partial charge >= 0.3 is 0 Å². The third-order valence-corrected chi connectivity index (χ3v) is 3.56. The summed E-state index contributed by atoms with van der Waals surface area (Å²) in [6.07, 6.45) is 1.55. The van der Waals surface area contributed by atoms with Gasteiger partial charge in [-0.05, 0) is 28.1 Å². The first kappa shape index (κ1) is 11.9. The molecular weight excluding hydrogens is 314 g/mol. The van der Waals surface area contributed by atoms with Crippen LogP contribution in [0.3, 0.4) is 0 Å². The van der Waals surface area contributed by atoms with Crippen molar-refractivity contribution in [3.05, 3.63) is 21.6 Å². The van der Waals surface area contributed by atoms with Gasteiger partial charge in [0.2, 0.25) is 0 Å². The summed E-state index contributed by atoms with van der Waals surface area (Å²) in [6.45, 7) is 0. The van der Waals surface area contributed by atoms with Crippen molar-refractivity contribution in [3.63, 3.8) is 0 Å². The zero-order chi connectivity index (χ0) is 11.9. The summed E-state index contributed by atoms with van der Waals surface area (Å²) in [7, 11) is 0.639. The molecule has 0 saturated heterocycles. The Labute approximate surface area is 109 Å². The van der Waals surface area contributed by atoms with Crippen molar-refractivity contribution < 1.29 is 4.21 Å². The normalized spacial score (nSPS) is 13.0. The molecule has 0 amide bonds. The van der Waals surface area contributed by atoms with Crippen LogP contribution in [0.25, 0.3) is 10.9 Å². The third-order valence-electron chi connectivity index (χ3n) is 2.13. The largest absolute Gasteiger partial charge is 0.288 e. The van der Waals surface area contributed by atoms with Crippen LogP contribution in [-0.2, 0) is 18.0 Å². The van der Waals surface area contributed by atoms with Gasteiger partial charge in [0.25, 0.3) is 0 Å². The average Bonchev–Trinajstić information content (AvgIpc) is 2.49. The lowest BCUT2D eigenvalue weighted by Gasteiger charge is -2.00. The van der Waals surface area contributed by atoms with Crippen molar-refractivity contribution in [2.24, 2.45) is 7.05 Å². The van der Waals surface area contributed by atoms with Crippen molar-refractivity contribution >= 4 is 55.2 Å². The predicted molar refractivity (Wildman–Crippen MR) is 71.1 cm³/mol. The quantitative estimate of drug-likeness (QED) is 0.924. The van der Waals surface area contributed by atoms with E-state index in [1.54, 1.807) is 17.0 Å². The molecule has 0 aliphatic carbocycles. The molecule has 0 aliphatic heterocycles. The highest BCUT2D eigenvalue weighted by Crippen LogP contribution is 2.34. The molecule has 1 N–H and O–H groups in total. The topological polar surface area (TPSA) is 46.9 Å². The molecule has 4 nitrogen and oxygen atoms in total. The number of rotatable bonds is 2. The minimum Gasteiger partial charge on any atom is -0.288 e. The summed E-state index contributed by atoms with van der Waals surface area (Å²) in [5.74, 6) is 0.532. The molecule has 16 heavy (non-hydrogen) atoms. The Balaban J connectivity index is 2.77. The number of hydrogen-bond donors (Lipinski definition) is 1. The lowest BCUT2D eigenvalue weighted by Crippen LogP contribution is -2.02. The Morgan fingerprint density at radius 1 is 1.56 bits per heavy atom. The van der Waals surface area contributed by atoms with Crippen molar-refractivity contribution in [2.45, 2.75) is 0 Å². The average molecular weight is 323 g/mol. The molecule has 1 unspecified atom stereocenters. The predicted octanol–water partition coefficient (Wildman–Crippen LogP) is 2.69. The first-order chi connectivity index (χ1) is 7.50. The summed E-state index contributed by atoms with van der Waals surface area (Å²) in [6, 6.07) is 3.64. The standard InChI is InChI=1S/C9H9BrClN3OS/c1-14-8-5(10)3-4-6(11)7(8)9(12-14)13-16(2)15/h3-4H,1-2H3,(H,12,13). The fourth-order valence-electron chi connectivity index (χ4n) is 1.54. The zero-order valence-corrected chi connectivity index (χ0v) is 11.8. The minimum atomic E-state index is -1.17. The van der Waals surface area contributed by atoms with Crippen LogP contribution in [0.1, 0.15) is 0 Å². The van der Waals surface area contributed by atoms with Gasteiger partial charge in [0, 0.05) is 17.8 Å². The van der Waals surface area contributed by atoms with E-state index in [4.69, 9.17) is 11.6 Å². The van der Waals surface area contributed by atoms with Gasteiger partial charge in [-0.25, -0.2) is 4.21 Å². The summed E-state index contributed by atoms with van der Waals surface area (Å²) < 4.78 is 16.5. The van der Waals surface area contributed by atoms with Gasteiger partial charge < -0.3 is 0 Å². The van der Waals surface area contributed by atoms with Crippen LogP contribution in [-0.4, -0.2) is 20.2 Å². The first-order valence-corrected chi connectivity index (χ1v) is 7.14. The Morgan fingerprint density at radius 3 is 2.88 bits per heavy atom. The Morgan fingerprint density at radius 2 is 2.25 bits per heavy atom. The molecule has 1 atom stereocenters. The van der Waals surface area contributed by atoms with Crippen LogP contribution in [0, 0.1) is 0 Å². The van der Waals surface area contributed by atoms with Crippen LogP contribution in [0.4, 0.5) is 5.82 Å². The smallest absolute Gasteiger partial charge is 0.169 e. The molecule has 0 spiro atoms. The molecule has 0 fully saturated rings. The van der Waals surface area contributed by atoms with Gasteiger partial charge in [0.1, 0.15) is 11.0 Å². The Kier molecular flexibility index (Phi) is 3.23. The molecule has 0 aliphatic rings. The van der Waals surface area contributed by atoms with Gasteiger partial charge in [0.15, 0.2) is 5.82 Å². The molecule has 1 aromatic carbocycles. The second-order valence-corrected chi connectivity index (χ2v) is 5.66. The van der Waals surface area contributed by atoms with Gasteiger partial charge in [-0.15, -0.1) is 0 Å². The third kappa shape index (κ3) is 1.97. The number of nitrogens with zero attached hydrogens (tertiary/aromatic N) is 2. The Bertz CT molecular complexity index is 584. The van der Waals surface area contributed by atoms with Crippen LogP contribution in [0.5, 0.6) is 0 Å². The van der Waals surface area contributed by atoms with Crippen molar-refractivity contribution in [1.82, 2.24) is 9.78 Å². The minimum absolute atomic E-state index is 0.532. The number of aromatic nitrogens is 2. The molecule has 0 saturated carbocycles. The van der Waals surface area contributed by atoms with E-state index in [-0.39, 0.29) is 0 Å². The highest BCUT2D eigenvalue weighted by Gasteiger charge is 2.14. The fourth-order valence-corrected chi connectivity index (χ4v) is 2.78. The molecule has 0 bridgehead atoms. The lowest BCUT2D eigenvalue weighted by atomic mass is 10.2. The van der Waals surface area contributed by atoms with E-state index in [9.17, 15) is 4.21 Å². The van der Waals surface area contributed by atoms with Crippen LogP contribution >= 0.6 is 27.5 Å². The maximum absolute atomic E-state index is 11.2. The summed E-state index contributed by atoms with van der Waals surface area (Å²) >= 11 is 9.56. The van der Waals surface area contributed by atoms with E-state index in [0.717, 1.165) is 15.4 Å². The number of hydrogen-bond acceptors (Lipinski definition) is 2. The highest BCUT2D eigenvalue weighted by molar-refractivity contribution is 9.10. The number of halogens is 2. The number of nitrogens with one attached hydrogen (secondary N) is 1. The van der Waals surface area contributed by atoms with Gasteiger partial charge in [-0.1, -0.05) is 11.6 Å². The van der Waals surface area contributed by atoms with E-state index in [1.807, 2.05) is 13.1 Å². The number of aryl methyl sites for hydroxylation is 1. The second kappa shape index (κ2) is 4.35. The van der Waals surface area contributed by atoms with Gasteiger partial charge in [-0.3, -0.25) is 9.40 Å². The van der Waals surface area contributed by atoms with E-state index < -0.39 is 11.0 Å². The van der Waals surface area contributed by atoms with Crippen molar-refractivity contribution in [2.75, 3.05) is 11.0 Å². The van der Waals surface area contributed by atoms with E-state index in [1.165, 1.54) is 0 Å². The molecule has 0 radical (unpaired) electrons. The second-order valence-electron chi connectivity index (χ2n) is 3.28. The molecule has 7 heteroatoms. The summed E-state index contributed by atoms with van der Waals surface area (Å²) in [5.41, 5.74) is 0.875. The SMILES string of the molecule is Cn1nc(NS(C)=O)c2c(Cl)ccc(Br)c21. The first-order valence-electron chi connectivity index (χ1n) is 4.41. The lowest BCUT2D eigenvalue weighted by molar-refractivity contribution is 0.689. The van der Waals surface area contributed by atoms with Crippen LogP contribution in [0.15, 0.2) is 16.6 Å². The van der Waals surface area contributed by atoms with Crippen molar-refractivity contribution in [1.29, 1.82) is 0 Å². The van der Waals surface area contributed by atoms with Crippen LogP contribution in [0.2, 0.25) is 5.02 Å². The Hall–Kier alpha value is -0.590. The monoisotopic (exact) mass is 321 g/mol. The highest BCUT2D eigenvalue weighted by atomic mass is 79.9. The molecule has 1 heterocycles. The van der Waals surface area contributed by atoms with E-state index >= 15 is 0 Å². The maximum atomic E-state index is 11.2. The number of benzene rings is 1. The molecule has 86 valence electrons.